The third kappa shape index (κ3) is 2.39. The predicted molar refractivity (Wildman–Crippen MR) is 64.4 cm³/mol. The molecule has 0 spiro atoms. The molecule has 1 fully saturated rings. The van der Waals surface area contributed by atoms with Crippen molar-refractivity contribution in [2.24, 2.45) is 7.05 Å². The summed E-state index contributed by atoms with van der Waals surface area (Å²) in [6.07, 6.45) is 1.81. The second-order valence-corrected chi connectivity index (χ2v) is 8.95. The molecular weight excluding hydrogens is 302 g/mol. The van der Waals surface area contributed by atoms with Crippen molar-refractivity contribution in [1.29, 1.82) is 0 Å². The average Bonchev–Trinajstić information content (AvgIpc) is 2.59. The molecule has 102 valence electrons. The Hall–Kier alpha value is -0.670. The molecule has 2 rings (SSSR count). The van der Waals surface area contributed by atoms with Crippen LogP contribution in [-0.2, 0) is 25.9 Å². The lowest BCUT2D eigenvalue weighted by Gasteiger charge is -2.21. The summed E-state index contributed by atoms with van der Waals surface area (Å²) < 4.78 is 47.4. The summed E-state index contributed by atoms with van der Waals surface area (Å²) in [5, 5.41) is 5.90. The summed E-state index contributed by atoms with van der Waals surface area (Å²) in [7, 11) is -0.730. The minimum Gasteiger partial charge on any atom is -0.303 e. The van der Waals surface area contributed by atoms with Crippen LogP contribution in [0.3, 0.4) is 0 Å². The molecule has 2 heterocycles. The molecule has 0 N–H and O–H groups in total. The fraction of sp³-hybridized carbons (Fsp3) is 0.750. The molecule has 0 radical (unpaired) electrons. The van der Waals surface area contributed by atoms with Gasteiger partial charge in [-0.2, -0.15) is 0 Å². The first-order valence-corrected chi connectivity index (χ1v) is 9.31. The first kappa shape index (κ1) is 13.8. The Morgan fingerprint density at radius 1 is 1.33 bits per heavy atom. The molecule has 1 aromatic heterocycles. The average molecular weight is 314 g/mol. The highest BCUT2D eigenvalue weighted by molar-refractivity contribution is 8.13. The maximum atomic E-state index is 11.9. The van der Waals surface area contributed by atoms with Crippen molar-refractivity contribution in [3.05, 3.63) is 5.82 Å². The normalized spacial score (nSPS) is 24.0. The molecule has 0 aromatic carbocycles. The van der Waals surface area contributed by atoms with Crippen LogP contribution in [0.5, 0.6) is 0 Å². The van der Waals surface area contributed by atoms with Crippen molar-refractivity contribution in [3.8, 4) is 0 Å². The van der Waals surface area contributed by atoms with E-state index in [4.69, 9.17) is 10.7 Å². The van der Waals surface area contributed by atoms with E-state index >= 15 is 0 Å². The van der Waals surface area contributed by atoms with E-state index in [-0.39, 0.29) is 11.6 Å². The number of hydrogen-bond acceptors (Lipinski definition) is 6. The van der Waals surface area contributed by atoms with Crippen molar-refractivity contribution in [1.82, 2.24) is 14.8 Å². The number of hydrogen-bond donors (Lipinski definition) is 0. The van der Waals surface area contributed by atoms with Gasteiger partial charge in [-0.3, -0.25) is 0 Å². The summed E-state index contributed by atoms with van der Waals surface area (Å²) in [6.45, 7) is 0. The van der Waals surface area contributed by atoms with Crippen LogP contribution < -0.4 is 0 Å². The number of halogens is 1. The lowest BCUT2D eigenvalue weighted by atomic mass is 10.2. The highest BCUT2D eigenvalue weighted by Gasteiger charge is 2.35. The smallest absolute Gasteiger partial charge is 0.296 e. The van der Waals surface area contributed by atoms with Gasteiger partial charge in [0.2, 0.25) is 0 Å². The third-order valence-corrected chi connectivity index (χ3v) is 6.33. The molecule has 0 aliphatic carbocycles. The zero-order valence-electron chi connectivity index (χ0n) is 9.57. The molecule has 1 unspecified atom stereocenters. The van der Waals surface area contributed by atoms with Crippen LogP contribution in [0.4, 0.5) is 0 Å². The van der Waals surface area contributed by atoms with Gasteiger partial charge in [0.15, 0.2) is 15.7 Å². The zero-order chi connectivity index (χ0) is 13.6. The monoisotopic (exact) mass is 313 g/mol. The molecule has 1 aromatic rings. The Morgan fingerprint density at radius 2 is 2.00 bits per heavy atom. The minimum atomic E-state index is -4.02. The van der Waals surface area contributed by atoms with Crippen molar-refractivity contribution in [2.45, 2.75) is 29.7 Å². The first-order chi connectivity index (χ1) is 8.23. The van der Waals surface area contributed by atoms with E-state index in [0.29, 0.717) is 12.8 Å². The summed E-state index contributed by atoms with van der Waals surface area (Å²) in [4.78, 5) is 0. The molecule has 1 saturated heterocycles. The van der Waals surface area contributed by atoms with Crippen LogP contribution in [0.2, 0.25) is 0 Å². The van der Waals surface area contributed by atoms with Crippen LogP contribution in [0.25, 0.3) is 0 Å². The zero-order valence-corrected chi connectivity index (χ0v) is 12.0. The van der Waals surface area contributed by atoms with Gasteiger partial charge in [0, 0.05) is 17.7 Å². The highest BCUT2D eigenvalue weighted by Crippen LogP contribution is 2.32. The Balaban J connectivity index is 2.50. The second kappa shape index (κ2) is 4.46. The fourth-order valence-corrected chi connectivity index (χ4v) is 4.97. The van der Waals surface area contributed by atoms with E-state index in [0.717, 1.165) is 11.0 Å². The molecule has 1 aliphatic heterocycles. The molecule has 0 saturated carbocycles. The Kier molecular flexibility index (Phi) is 3.41. The number of sulfone groups is 1. The van der Waals surface area contributed by atoms with Gasteiger partial charge in [0.25, 0.3) is 14.2 Å². The van der Waals surface area contributed by atoms with Crippen molar-refractivity contribution >= 4 is 29.6 Å². The van der Waals surface area contributed by atoms with Gasteiger partial charge in [-0.25, -0.2) is 16.8 Å². The number of aromatic nitrogens is 3. The quantitative estimate of drug-likeness (QED) is 0.732. The SMILES string of the molecule is Cn1c(C2CCCCS2(=O)=O)nnc1S(=O)(=O)Cl. The fourth-order valence-electron chi connectivity index (χ4n) is 2.06. The van der Waals surface area contributed by atoms with Gasteiger partial charge in [-0.15, -0.1) is 10.2 Å². The molecule has 1 atom stereocenters. The number of rotatable bonds is 2. The summed E-state index contributed by atoms with van der Waals surface area (Å²) in [5.41, 5.74) is 0. The van der Waals surface area contributed by atoms with Gasteiger partial charge in [0.1, 0.15) is 5.25 Å². The summed E-state index contributed by atoms with van der Waals surface area (Å²) >= 11 is 0. The van der Waals surface area contributed by atoms with Crippen molar-refractivity contribution < 1.29 is 16.8 Å². The van der Waals surface area contributed by atoms with E-state index in [1.54, 1.807) is 0 Å². The summed E-state index contributed by atoms with van der Waals surface area (Å²) in [6, 6.07) is 0. The van der Waals surface area contributed by atoms with E-state index in [2.05, 4.69) is 10.2 Å². The van der Waals surface area contributed by atoms with Gasteiger partial charge in [-0.1, -0.05) is 6.42 Å². The van der Waals surface area contributed by atoms with Gasteiger partial charge in [-0.05, 0) is 12.8 Å². The van der Waals surface area contributed by atoms with E-state index < -0.39 is 29.3 Å². The standard InChI is InChI=1S/C8H12ClN3O4S2/c1-12-7(10-11-8(12)18(9,15)16)6-4-2-3-5-17(6,13)14/h6H,2-5H2,1H3. The molecule has 10 heteroatoms. The van der Waals surface area contributed by atoms with Crippen LogP contribution in [0.1, 0.15) is 30.3 Å². The Bertz CT molecular complexity index is 665. The Labute approximate surface area is 109 Å². The molecule has 0 bridgehead atoms. The number of nitrogens with zero attached hydrogens (tertiary/aromatic N) is 3. The second-order valence-electron chi connectivity index (χ2n) is 4.19. The van der Waals surface area contributed by atoms with Crippen LogP contribution in [-0.4, -0.2) is 37.4 Å². The van der Waals surface area contributed by atoms with Crippen LogP contribution in [0, 0.1) is 0 Å². The lowest BCUT2D eigenvalue weighted by Crippen LogP contribution is -2.24. The first-order valence-electron chi connectivity index (χ1n) is 5.29. The third-order valence-electron chi connectivity index (χ3n) is 2.95. The maximum Gasteiger partial charge on any atom is 0.296 e. The van der Waals surface area contributed by atoms with Crippen molar-refractivity contribution in [3.63, 3.8) is 0 Å². The van der Waals surface area contributed by atoms with E-state index in [1.165, 1.54) is 7.05 Å². The molecule has 0 amide bonds. The van der Waals surface area contributed by atoms with Crippen LogP contribution >= 0.6 is 10.7 Å². The lowest BCUT2D eigenvalue weighted by molar-refractivity contribution is 0.528. The molecular formula is C8H12ClN3O4S2. The summed E-state index contributed by atoms with van der Waals surface area (Å²) in [5.74, 6) is 0.224. The minimum absolute atomic E-state index is 0.0908. The van der Waals surface area contributed by atoms with Gasteiger partial charge >= 0.3 is 0 Å². The highest BCUT2D eigenvalue weighted by atomic mass is 35.7. The van der Waals surface area contributed by atoms with E-state index in [1.807, 2.05) is 0 Å². The van der Waals surface area contributed by atoms with Crippen molar-refractivity contribution in [2.75, 3.05) is 5.75 Å². The van der Waals surface area contributed by atoms with Gasteiger partial charge in [0.05, 0.1) is 5.75 Å². The molecule has 18 heavy (non-hydrogen) atoms. The van der Waals surface area contributed by atoms with E-state index in [9.17, 15) is 16.8 Å². The Morgan fingerprint density at radius 3 is 2.50 bits per heavy atom. The predicted octanol–water partition coefficient (Wildman–Crippen LogP) is 0.382. The van der Waals surface area contributed by atoms with Crippen LogP contribution in [0.15, 0.2) is 5.16 Å². The maximum absolute atomic E-state index is 11.9. The topological polar surface area (TPSA) is 99.0 Å². The largest absolute Gasteiger partial charge is 0.303 e. The molecule has 1 aliphatic rings. The van der Waals surface area contributed by atoms with Gasteiger partial charge < -0.3 is 4.57 Å². The molecule has 7 nitrogen and oxygen atoms in total.